The fraction of sp³-hybridized carbons (Fsp3) is 0.429. The zero-order valence-corrected chi connectivity index (χ0v) is 6.09. The Hall–Kier alpha value is -1.12. The molecule has 0 rings (SSSR count). The van der Waals surface area contributed by atoms with Crippen LogP contribution in [0.15, 0.2) is 12.7 Å². The highest BCUT2D eigenvalue weighted by atomic mass is 16.5. The van der Waals surface area contributed by atoms with Gasteiger partial charge in [-0.15, -0.1) is 0 Å². The van der Waals surface area contributed by atoms with Gasteiger partial charge in [0.2, 0.25) is 0 Å². The molecule has 56 valence electrons. The Kier molecular flexibility index (Phi) is 3.39. The second-order valence-corrected chi connectivity index (χ2v) is 1.85. The van der Waals surface area contributed by atoms with Gasteiger partial charge in [0.25, 0.3) is 0 Å². The quantitative estimate of drug-likeness (QED) is 0.328. The molecule has 0 heterocycles. The van der Waals surface area contributed by atoms with Gasteiger partial charge in [-0.2, -0.15) is 0 Å². The molecule has 0 saturated heterocycles. The van der Waals surface area contributed by atoms with Crippen molar-refractivity contribution < 1.29 is 14.3 Å². The summed E-state index contributed by atoms with van der Waals surface area (Å²) >= 11 is 0. The van der Waals surface area contributed by atoms with E-state index in [-0.39, 0.29) is 5.78 Å². The Bertz CT molecular complexity index is 160. The summed E-state index contributed by atoms with van der Waals surface area (Å²) < 4.78 is 4.33. The van der Waals surface area contributed by atoms with Crippen LogP contribution in [0.25, 0.3) is 0 Å². The van der Waals surface area contributed by atoms with E-state index in [0.717, 1.165) is 6.08 Å². The Labute approximate surface area is 59.7 Å². The lowest BCUT2D eigenvalue weighted by Gasteiger charge is -2.02. The van der Waals surface area contributed by atoms with E-state index < -0.39 is 11.9 Å². The molecule has 1 unspecified atom stereocenters. The maximum absolute atomic E-state index is 10.7. The number of hydrogen-bond donors (Lipinski definition) is 0. The van der Waals surface area contributed by atoms with Crippen molar-refractivity contribution in [1.82, 2.24) is 0 Å². The van der Waals surface area contributed by atoms with E-state index in [4.69, 9.17) is 0 Å². The fourth-order valence-corrected chi connectivity index (χ4v) is 0.470. The van der Waals surface area contributed by atoms with E-state index in [2.05, 4.69) is 11.3 Å². The van der Waals surface area contributed by atoms with Crippen molar-refractivity contribution in [2.75, 3.05) is 7.11 Å². The van der Waals surface area contributed by atoms with Crippen LogP contribution in [0, 0.1) is 5.92 Å². The summed E-state index contributed by atoms with van der Waals surface area (Å²) in [5, 5.41) is 0. The Morgan fingerprint density at radius 3 is 2.40 bits per heavy atom. The molecule has 0 saturated carbocycles. The Morgan fingerprint density at radius 2 is 2.10 bits per heavy atom. The molecule has 0 aromatic heterocycles. The molecule has 3 heteroatoms. The number of allylic oxidation sites excluding steroid dienone is 1. The van der Waals surface area contributed by atoms with Crippen LogP contribution in [0.4, 0.5) is 0 Å². The lowest BCUT2D eigenvalue weighted by molar-refractivity contribution is -0.147. The second kappa shape index (κ2) is 3.82. The molecule has 0 amide bonds. The van der Waals surface area contributed by atoms with Crippen molar-refractivity contribution in [2.24, 2.45) is 5.92 Å². The van der Waals surface area contributed by atoms with Gasteiger partial charge in [0.15, 0.2) is 5.78 Å². The monoisotopic (exact) mass is 142 g/mol. The first-order valence-corrected chi connectivity index (χ1v) is 2.87. The van der Waals surface area contributed by atoms with Gasteiger partial charge in [0.1, 0.15) is 5.92 Å². The number of methoxy groups -OCH3 is 1. The highest BCUT2D eigenvalue weighted by Crippen LogP contribution is 1.99. The third kappa shape index (κ3) is 2.01. The number of rotatable bonds is 3. The Balaban J connectivity index is 4.06. The number of ketones is 1. The van der Waals surface area contributed by atoms with E-state index >= 15 is 0 Å². The predicted molar refractivity (Wildman–Crippen MR) is 36.4 cm³/mol. The normalized spacial score (nSPS) is 11.8. The zero-order chi connectivity index (χ0) is 8.15. The van der Waals surface area contributed by atoms with Crippen LogP contribution in [-0.4, -0.2) is 18.9 Å². The average molecular weight is 142 g/mol. The molecule has 0 spiro atoms. The molecular formula is C7H10O3. The van der Waals surface area contributed by atoms with Crippen molar-refractivity contribution in [1.29, 1.82) is 0 Å². The number of carbonyl (C=O) groups is 2. The molecule has 0 aromatic carbocycles. The lowest BCUT2D eigenvalue weighted by atomic mass is 10.1. The van der Waals surface area contributed by atoms with Gasteiger partial charge in [-0.3, -0.25) is 9.59 Å². The van der Waals surface area contributed by atoms with Crippen molar-refractivity contribution in [3.05, 3.63) is 12.7 Å². The average Bonchev–Trinajstić information content (AvgIpc) is 2.00. The largest absolute Gasteiger partial charge is 0.468 e. The molecule has 0 aromatic rings. The number of ether oxygens (including phenoxy) is 1. The molecule has 0 aliphatic rings. The van der Waals surface area contributed by atoms with E-state index in [1.165, 1.54) is 14.0 Å². The molecule has 0 bridgehead atoms. The van der Waals surface area contributed by atoms with Crippen LogP contribution >= 0.6 is 0 Å². The summed E-state index contributed by atoms with van der Waals surface area (Å²) in [5.41, 5.74) is 0. The van der Waals surface area contributed by atoms with Gasteiger partial charge in [-0.25, -0.2) is 0 Å². The lowest BCUT2D eigenvalue weighted by Crippen LogP contribution is -2.20. The first kappa shape index (κ1) is 8.88. The van der Waals surface area contributed by atoms with Crippen molar-refractivity contribution in [2.45, 2.75) is 6.92 Å². The van der Waals surface area contributed by atoms with Crippen LogP contribution in [0.1, 0.15) is 6.92 Å². The third-order valence-electron chi connectivity index (χ3n) is 1.18. The third-order valence-corrected chi connectivity index (χ3v) is 1.18. The highest BCUT2D eigenvalue weighted by Gasteiger charge is 2.18. The van der Waals surface area contributed by atoms with Crippen LogP contribution < -0.4 is 0 Å². The van der Waals surface area contributed by atoms with Crippen LogP contribution in [-0.2, 0) is 14.3 Å². The SMILES string of the molecule is C=CC(=O)C(C)C(=O)OC. The topological polar surface area (TPSA) is 43.4 Å². The molecule has 0 aliphatic heterocycles. The first-order chi connectivity index (χ1) is 4.63. The van der Waals surface area contributed by atoms with E-state index in [0.29, 0.717) is 0 Å². The summed E-state index contributed by atoms with van der Waals surface area (Å²) in [4.78, 5) is 21.3. The number of hydrogen-bond acceptors (Lipinski definition) is 3. The van der Waals surface area contributed by atoms with Gasteiger partial charge in [0, 0.05) is 0 Å². The summed E-state index contributed by atoms with van der Waals surface area (Å²) in [6.45, 7) is 4.72. The molecular weight excluding hydrogens is 132 g/mol. The zero-order valence-electron chi connectivity index (χ0n) is 6.09. The van der Waals surface area contributed by atoms with E-state index in [1.807, 2.05) is 0 Å². The van der Waals surface area contributed by atoms with Crippen LogP contribution in [0.3, 0.4) is 0 Å². The van der Waals surface area contributed by atoms with Gasteiger partial charge in [-0.05, 0) is 13.0 Å². The molecule has 0 fully saturated rings. The highest BCUT2D eigenvalue weighted by molar-refractivity contribution is 6.04. The standard InChI is InChI=1S/C7H10O3/c1-4-6(8)5(2)7(9)10-3/h4-5H,1H2,2-3H3. The fourth-order valence-electron chi connectivity index (χ4n) is 0.470. The minimum atomic E-state index is -0.720. The summed E-state index contributed by atoms with van der Waals surface area (Å²) in [5.74, 6) is -1.56. The van der Waals surface area contributed by atoms with E-state index in [9.17, 15) is 9.59 Å². The minimum absolute atomic E-state index is 0.313. The number of esters is 1. The maximum atomic E-state index is 10.7. The summed E-state index contributed by atoms with van der Waals surface area (Å²) in [6, 6.07) is 0. The molecule has 0 aliphatic carbocycles. The maximum Gasteiger partial charge on any atom is 0.316 e. The molecule has 10 heavy (non-hydrogen) atoms. The van der Waals surface area contributed by atoms with Crippen LogP contribution in [0.5, 0.6) is 0 Å². The summed E-state index contributed by atoms with van der Waals surface area (Å²) in [6.07, 6.45) is 1.11. The van der Waals surface area contributed by atoms with Crippen molar-refractivity contribution in [3.8, 4) is 0 Å². The van der Waals surface area contributed by atoms with Crippen molar-refractivity contribution in [3.63, 3.8) is 0 Å². The van der Waals surface area contributed by atoms with Crippen LogP contribution in [0.2, 0.25) is 0 Å². The molecule has 0 radical (unpaired) electrons. The minimum Gasteiger partial charge on any atom is -0.468 e. The van der Waals surface area contributed by atoms with Gasteiger partial charge in [-0.1, -0.05) is 6.58 Å². The van der Waals surface area contributed by atoms with E-state index in [1.54, 1.807) is 0 Å². The summed E-state index contributed by atoms with van der Waals surface area (Å²) in [7, 11) is 1.25. The molecule has 1 atom stereocenters. The number of carbonyl (C=O) groups excluding carboxylic acids is 2. The van der Waals surface area contributed by atoms with Crippen molar-refractivity contribution >= 4 is 11.8 Å². The second-order valence-electron chi connectivity index (χ2n) is 1.85. The smallest absolute Gasteiger partial charge is 0.316 e. The van der Waals surface area contributed by atoms with Gasteiger partial charge >= 0.3 is 5.97 Å². The Morgan fingerprint density at radius 1 is 1.60 bits per heavy atom. The molecule has 3 nitrogen and oxygen atoms in total. The first-order valence-electron chi connectivity index (χ1n) is 2.87. The van der Waals surface area contributed by atoms with Gasteiger partial charge in [0.05, 0.1) is 7.11 Å². The predicted octanol–water partition coefficient (Wildman–Crippen LogP) is 0.551. The molecule has 0 N–H and O–H groups in total. The van der Waals surface area contributed by atoms with Gasteiger partial charge < -0.3 is 4.74 Å².